The van der Waals surface area contributed by atoms with Gasteiger partial charge in [0.2, 0.25) is 0 Å². The first kappa shape index (κ1) is 15.8. The van der Waals surface area contributed by atoms with Gasteiger partial charge in [0, 0.05) is 13.1 Å². The Hall–Kier alpha value is -1.56. The molecule has 1 amide bonds. The van der Waals surface area contributed by atoms with Crippen LogP contribution in [0.15, 0.2) is 12.1 Å². The van der Waals surface area contributed by atoms with Crippen molar-refractivity contribution in [3.8, 4) is 0 Å². The van der Waals surface area contributed by atoms with Crippen LogP contribution >= 0.6 is 0 Å². The van der Waals surface area contributed by atoms with E-state index in [1.165, 1.54) is 4.90 Å². The van der Waals surface area contributed by atoms with Crippen molar-refractivity contribution in [3.63, 3.8) is 0 Å². The number of amides is 1. The number of nitrogens with one attached hydrogen (secondary N) is 1. The number of hydrogen-bond donors (Lipinski definition) is 1. The number of carbonyl (C=O) groups excluding carboxylic acids is 1. The Morgan fingerprint density at radius 2 is 2.10 bits per heavy atom. The van der Waals surface area contributed by atoms with E-state index in [1.807, 2.05) is 0 Å². The van der Waals surface area contributed by atoms with Crippen LogP contribution in [0.25, 0.3) is 0 Å². The van der Waals surface area contributed by atoms with Crippen molar-refractivity contribution in [2.45, 2.75) is 19.8 Å². The normalized spacial score (nSPS) is 18.6. The molecule has 1 heterocycles. The highest BCUT2D eigenvalue weighted by atomic mass is 19.2. The third-order valence-corrected chi connectivity index (χ3v) is 3.81. The van der Waals surface area contributed by atoms with Crippen LogP contribution < -0.4 is 5.32 Å². The average Bonchev–Trinajstić information content (AvgIpc) is 2.51. The van der Waals surface area contributed by atoms with Gasteiger partial charge in [-0.15, -0.1) is 0 Å². The highest BCUT2D eigenvalue weighted by Gasteiger charge is 2.25. The third-order valence-electron chi connectivity index (χ3n) is 3.81. The number of hydrogen-bond acceptors (Lipinski definition) is 2. The molecule has 3 nitrogen and oxygen atoms in total. The minimum absolute atomic E-state index is 0.302. The summed E-state index contributed by atoms with van der Waals surface area (Å²) in [7, 11) is 0. The number of carbonyl (C=O) groups is 1. The van der Waals surface area contributed by atoms with Crippen molar-refractivity contribution in [1.29, 1.82) is 0 Å². The maximum atomic E-state index is 13.7. The molecule has 1 fully saturated rings. The van der Waals surface area contributed by atoms with E-state index in [-0.39, 0.29) is 0 Å². The lowest BCUT2D eigenvalue weighted by atomic mass is 9.98. The molecule has 2 rings (SSSR count). The number of rotatable bonds is 4. The lowest BCUT2D eigenvalue weighted by Gasteiger charge is -2.29. The lowest BCUT2D eigenvalue weighted by molar-refractivity contribution is 0.0723. The molecule has 0 saturated carbocycles. The van der Waals surface area contributed by atoms with Gasteiger partial charge in [-0.1, -0.05) is 0 Å². The van der Waals surface area contributed by atoms with E-state index in [1.54, 1.807) is 6.92 Å². The second-order valence-corrected chi connectivity index (χ2v) is 5.28. The highest BCUT2D eigenvalue weighted by Crippen LogP contribution is 2.19. The molecular weight excluding hydrogens is 281 g/mol. The van der Waals surface area contributed by atoms with Crippen molar-refractivity contribution in [1.82, 2.24) is 10.2 Å². The zero-order valence-electron chi connectivity index (χ0n) is 12.0. The largest absolute Gasteiger partial charge is 0.339 e. The number of halogens is 3. The first-order valence-electron chi connectivity index (χ1n) is 7.18. The molecule has 0 radical (unpaired) electrons. The standard InChI is InChI=1S/C15H19F3N2O/c1-2-20(9-10-4-3-7-19-8-10)15(21)11-5-6-12(16)14(18)13(11)17/h5-6,10,19H,2-4,7-9H2,1H3. The first-order chi connectivity index (χ1) is 10.0. The smallest absolute Gasteiger partial charge is 0.256 e. The molecule has 0 aliphatic carbocycles. The summed E-state index contributed by atoms with van der Waals surface area (Å²) in [4.78, 5) is 13.8. The van der Waals surface area contributed by atoms with Crippen molar-refractivity contribution in [3.05, 3.63) is 35.1 Å². The SMILES string of the molecule is CCN(CC1CCCNC1)C(=O)c1ccc(F)c(F)c1F. The van der Waals surface area contributed by atoms with Gasteiger partial charge in [0.1, 0.15) is 0 Å². The van der Waals surface area contributed by atoms with Gasteiger partial charge in [-0.05, 0) is 50.9 Å². The van der Waals surface area contributed by atoms with Crippen LogP contribution in [0, 0.1) is 23.4 Å². The Morgan fingerprint density at radius 1 is 1.33 bits per heavy atom. The summed E-state index contributed by atoms with van der Waals surface area (Å²) in [6.45, 7) is 4.44. The molecule has 1 unspecified atom stereocenters. The molecule has 1 aromatic carbocycles. The van der Waals surface area contributed by atoms with Gasteiger partial charge in [-0.2, -0.15) is 0 Å². The van der Waals surface area contributed by atoms with Crippen LogP contribution in [0.5, 0.6) is 0 Å². The van der Waals surface area contributed by atoms with E-state index < -0.39 is 28.9 Å². The highest BCUT2D eigenvalue weighted by molar-refractivity contribution is 5.94. The van der Waals surface area contributed by atoms with E-state index >= 15 is 0 Å². The summed E-state index contributed by atoms with van der Waals surface area (Å²) in [5.74, 6) is -4.60. The van der Waals surface area contributed by atoms with Gasteiger partial charge < -0.3 is 10.2 Å². The minimum atomic E-state index is -1.60. The van der Waals surface area contributed by atoms with Crippen molar-refractivity contribution >= 4 is 5.91 Å². The second kappa shape index (κ2) is 6.93. The van der Waals surface area contributed by atoms with Gasteiger partial charge in [-0.25, -0.2) is 13.2 Å². The monoisotopic (exact) mass is 300 g/mol. The zero-order valence-corrected chi connectivity index (χ0v) is 12.0. The summed E-state index contributed by atoms with van der Waals surface area (Å²) in [6, 6.07) is 1.78. The summed E-state index contributed by atoms with van der Waals surface area (Å²) in [5.41, 5.74) is -0.417. The molecule has 1 aromatic rings. The first-order valence-corrected chi connectivity index (χ1v) is 7.18. The minimum Gasteiger partial charge on any atom is -0.339 e. The predicted octanol–water partition coefficient (Wildman–Crippen LogP) is 2.57. The number of benzene rings is 1. The van der Waals surface area contributed by atoms with Crippen LogP contribution in [0.4, 0.5) is 13.2 Å². The van der Waals surface area contributed by atoms with E-state index in [4.69, 9.17) is 0 Å². The van der Waals surface area contributed by atoms with Crippen LogP contribution in [0.3, 0.4) is 0 Å². The molecule has 1 N–H and O–H groups in total. The fourth-order valence-corrected chi connectivity index (χ4v) is 2.61. The van der Waals surface area contributed by atoms with Crippen molar-refractivity contribution < 1.29 is 18.0 Å². The Balaban J connectivity index is 2.14. The Morgan fingerprint density at radius 3 is 2.71 bits per heavy atom. The molecule has 6 heteroatoms. The summed E-state index contributed by atoms with van der Waals surface area (Å²) < 4.78 is 39.9. The van der Waals surface area contributed by atoms with Crippen molar-refractivity contribution in [2.75, 3.05) is 26.2 Å². The lowest BCUT2D eigenvalue weighted by Crippen LogP contribution is -2.41. The summed E-state index contributed by atoms with van der Waals surface area (Å²) in [6.07, 6.45) is 2.03. The molecule has 21 heavy (non-hydrogen) atoms. The van der Waals surface area contributed by atoms with E-state index in [9.17, 15) is 18.0 Å². The molecule has 116 valence electrons. The molecule has 1 atom stereocenters. The van der Waals surface area contributed by atoms with Gasteiger partial charge in [-0.3, -0.25) is 4.79 Å². The van der Waals surface area contributed by atoms with Gasteiger partial charge in [0.15, 0.2) is 17.5 Å². The van der Waals surface area contributed by atoms with Gasteiger partial charge >= 0.3 is 0 Å². The van der Waals surface area contributed by atoms with Crippen LogP contribution in [0.2, 0.25) is 0 Å². The van der Waals surface area contributed by atoms with Crippen LogP contribution in [-0.4, -0.2) is 37.0 Å². The van der Waals surface area contributed by atoms with Gasteiger partial charge in [0.25, 0.3) is 5.91 Å². The quantitative estimate of drug-likeness (QED) is 0.867. The molecule has 1 saturated heterocycles. The number of nitrogens with zero attached hydrogens (tertiary/aromatic N) is 1. The fourth-order valence-electron chi connectivity index (χ4n) is 2.61. The Kier molecular flexibility index (Phi) is 5.22. The van der Waals surface area contributed by atoms with Crippen molar-refractivity contribution in [2.24, 2.45) is 5.92 Å². The summed E-state index contributed by atoms with van der Waals surface area (Å²) in [5, 5.41) is 3.25. The fraction of sp³-hybridized carbons (Fsp3) is 0.533. The molecule has 0 spiro atoms. The average molecular weight is 300 g/mol. The topological polar surface area (TPSA) is 32.3 Å². The van der Waals surface area contributed by atoms with E-state index in [0.29, 0.717) is 19.0 Å². The Labute approximate surface area is 122 Å². The molecular formula is C15H19F3N2O. The maximum absolute atomic E-state index is 13.7. The third kappa shape index (κ3) is 3.56. The second-order valence-electron chi connectivity index (χ2n) is 5.28. The number of piperidine rings is 1. The van der Waals surface area contributed by atoms with E-state index in [0.717, 1.165) is 38.1 Å². The zero-order chi connectivity index (χ0) is 15.4. The van der Waals surface area contributed by atoms with Crippen LogP contribution in [-0.2, 0) is 0 Å². The van der Waals surface area contributed by atoms with Crippen LogP contribution in [0.1, 0.15) is 30.1 Å². The Bertz CT molecular complexity index is 516. The molecule has 0 bridgehead atoms. The van der Waals surface area contributed by atoms with E-state index in [2.05, 4.69) is 5.32 Å². The molecule has 1 aliphatic heterocycles. The summed E-state index contributed by atoms with van der Waals surface area (Å²) >= 11 is 0. The maximum Gasteiger partial charge on any atom is 0.256 e. The van der Waals surface area contributed by atoms with Gasteiger partial charge in [0.05, 0.1) is 5.56 Å². The predicted molar refractivity (Wildman–Crippen MR) is 73.5 cm³/mol. The molecule has 0 aromatic heterocycles. The molecule has 1 aliphatic rings.